The Morgan fingerprint density at radius 2 is 1.60 bits per heavy atom. The number of allylic oxidation sites excluding steroid dienone is 4. The van der Waals surface area contributed by atoms with Crippen molar-refractivity contribution in [3.8, 4) is 5.75 Å². The molecular weight excluding hydrogens is 246 g/mol. The van der Waals surface area contributed by atoms with Crippen LogP contribution in [0.1, 0.15) is 51.7 Å². The van der Waals surface area contributed by atoms with Gasteiger partial charge in [0.25, 0.3) is 0 Å². The number of hydrogen-bond acceptors (Lipinski definition) is 2. The summed E-state index contributed by atoms with van der Waals surface area (Å²) in [5.74, 6) is 1.33. The topological polar surface area (TPSA) is 21.3 Å². The highest BCUT2D eigenvalue weighted by molar-refractivity contribution is 5.52. The number of rotatable bonds is 3. The Labute approximate surface area is 122 Å². The molecule has 108 valence electrons. The number of benzene rings is 1. The highest BCUT2D eigenvalue weighted by atomic mass is 16.5. The van der Waals surface area contributed by atoms with Crippen molar-refractivity contribution in [1.82, 2.24) is 5.32 Å². The Hall–Kier alpha value is -1.70. The maximum Gasteiger partial charge on any atom is 0.123 e. The van der Waals surface area contributed by atoms with Gasteiger partial charge in [-0.05, 0) is 64.3 Å². The standard InChI is InChI=1S/C18H25NO/c1-7-20-16-10-8-9-11(2)17(16)18-12(3)14(5)19-15(6)13(18)4/h8-10,18-19H,7H2,1-6H3. The first kappa shape index (κ1) is 14.7. The summed E-state index contributed by atoms with van der Waals surface area (Å²) in [6.07, 6.45) is 0. The summed E-state index contributed by atoms with van der Waals surface area (Å²) in [5, 5.41) is 3.47. The second-order valence-electron chi connectivity index (χ2n) is 5.59. The van der Waals surface area contributed by atoms with E-state index in [1.54, 1.807) is 0 Å². The highest BCUT2D eigenvalue weighted by Crippen LogP contribution is 2.42. The van der Waals surface area contributed by atoms with Crippen molar-refractivity contribution in [1.29, 1.82) is 0 Å². The molecule has 2 heteroatoms. The van der Waals surface area contributed by atoms with Crippen LogP contribution in [0.3, 0.4) is 0 Å². The van der Waals surface area contributed by atoms with Crippen molar-refractivity contribution in [2.75, 3.05) is 6.61 Å². The lowest BCUT2D eigenvalue weighted by atomic mass is 9.80. The number of nitrogens with one attached hydrogen (secondary N) is 1. The second kappa shape index (κ2) is 5.74. The van der Waals surface area contributed by atoms with E-state index in [1.807, 2.05) is 6.92 Å². The third-order valence-corrected chi connectivity index (χ3v) is 4.30. The lowest BCUT2D eigenvalue weighted by Crippen LogP contribution is -2.23. The summed E-state index contributed by atoms with van der Waals surface area (Å²) in [6, 6.07) is 6.33. The molecular formula is C18H25NO. The van der Waals surface area contributed by atoms with E-state index in [9.17, 15) is 0 Å². The van der Waals surface area contributed by atoms with Gasteiger partial charge < -0.3 is 10.1 Å². The zero-order valence-electron chi connectivity index (χ0n) is 13.4. The fourth-order valence-electron chi connectivity index (χ4n) is 2.97. The SMILES string of the molecule is CCOc1cccc(C)c1C1C(C)=C(C)NC(C)=C1C. The molecule has 0 spiro atoms. The monoisotopic (exact) mass is 271 g/mol. The molecule has 1 N–H and O–H groups in total. The molecule has 2 nitrogen and oxygen atoms in total. The lowest BCUT2D eigenvalue weighted by Gasteiger charge is -2.31. The van der Waals surface area contributed by atoms with Gasteiger partial charge in [-0.15, -0.1) is 0 Å². The van der Waals surface area contributed by atoms with Crippen LogP contribution in [0.15, 0.2) is 40.7 Å². The van der Waals surface area contributed by atoms with Gasteiger partial charge in [-0.2, -0.15) is 0 Å². The van der Waals surface area contributed by atoms with Gasteiger partial charge in [0.1, 0.15) is 5.75 Å². The van der Waals surface area contributed by atoms with E-state index in [0.717, 1.165) is 5.75 Å². The fourth-order valence-corrected chi connectivity index (χ4v) is 2.97. The average Bonchev–Trinajstić information content (AvgIpc) is 2.40. The summed E-state index contributed by atoms with van der Waals surface area (Å²) in [5.41, 5.74) is 7.87. The van der Waals surface area contributed by atoms with Gasteiger partial charge in [-0.1, -0.05) is 12.1 Å². The Balaban J connectivity index is 2.62. The molecule has 0 saturated heterocycles. The largest absolute Gasteiger partial charge is 0.494 e. The Morgan fingerprint density at radius 3 is 2.15 bits per heavy atom. The molecule has 0 atom stereocenters. The quantitative estimate of drug-likeness (QED) is 0.862. The van der Waals surface area contributed by atoms with Crippen LogP contribution in [-0.4, -0.2) is 6.61 Å². The minimum atomic E-state index is 0.319. The van der Waals surface area contributed by atoms with E-state index in [4.69, 9.17) is 4.74 Å². The summed E-state index contributed by atoms with van der Waals surface area (Å²) in [7, 11) is 0. The van der Waals surface area contributed by atoms with E-state index in [-0.39, 0.29) is 0 Å². The molecule has 0 unspecified atom stereocenters. The summed E-state index contributed by atoms with van der Waals surface area (Å²) in [6.45, 7) is 13.6. The lowest BCUT2D eigenvalue weighted by molar-refractivity contribution is 0.335. The van der Waals surface area contributed by atoms with Crippen LogP contribution in [0.5, 0.6) is 5.75 Å². The molecule has 1 aliphatic heterocycles. The van der Waals surface area contributed by atoms with Gasteiger partial charge in [-0.25, -0.2) is 0 Å². The molecule has 1 aromatic rings. The van der Waals surface area contributed by atoms with Crippen LogP contribution in [0.2, 0.25) is 0 Å². The second-order valence-corrected chi connectivity index (χ2v) is 5.59. The first-order valence-corrected chi connectivity index (χ1v) is 7.31. The van der Waals surface area contributed by atoms with Crippen molar-refractivity contribution in [3.63, 3.8) is 0 Å². The van der Waals surface area contributed by atoms with Gasteiger partial charge in [0, 0.05) is 22.9 Å². The molecule has 0 fully saturated rings. The number of dihydropyridines is 1. The minimum Gasteiger partial charge on any atom is -0.494 e. The molecule has 0 bridgehead atoms. The van der Waals surface area contributed by atoms with Crippen molar-refractivity contribution in [2.24, 2.45) is 0 Å². The molecule has 1 heterocycles. The van der Waals surface area contributed by atoms with Crippen LogP contribution in [0.25, 0.3) is 0 Å². The van der Waals surface area contributed by atoms with Crippen LogP contribution in [-0.2, 0) is 0 Å². The molecule has 0 aromatic heterocycles. The molecule has 20 heavy (non-hydrogen) atoms. The molecule has 0 saturated carbocycles. The van der Waals surface area contributed by atoms with Gasteiger partial charge in [0.15, 0.2) is 0 Å². The molecule has 0 amide bonds. The van der Waals surface area contributed by atoms with Crippen molar-refractivity contribution < 1.29 is 4.74 Å². The summed E-state index contributed by atoms with van der Waals surface area (Å²) >= 11 is 0. The van der Waals surface area contributed by atoms with E-state index in [1.165, 1.54) is 33.7 Å². The van der Waals surface area contributed by atoms with E-state index < -0.39 is 0 Å². The van der Waals surface area contributed by atoms with E-state index >= 15 is 0 Å². The number of aryl methyl sites for hydroxylation is 1. The highest BCUT2D eigenvalue weighted by Gasteiger charge is 2.27. The normalized spacial score (nSPS) is 16.5. The van der Waals surface area contributed by atoms with Crippen LogP contribution in [0.4, 0.5) is 0 Å². The molecule has 0 radical (unpaired) electrons. The first-order valence-electron chi connectivity index (χ1n) is 7.31. The first-order chi connectivity index (χ1) is 9.47. The van der Waals surface area contributed by atoms with Crippen LogP contribution < -0.4 is 10.1 Å². The van der Waals surface area contributed by atoms with Crippen molar-refractivity contribution in [3.05, 3.63) is 51.9 Å². The Kier molecular flexibility index (Phi) is 4.22. The smallest absolute Gasteiger partial charge is 0.123 e. The molecule has 2 rings (SSSR count). The van der Waals surface area contributed by atoms with Crippen molar-refractivity contribution >= 4 is 0 Å². The summed E-state index contributed by atoms with van der Waals surface area (Å²) in [4.78, 5) is 0. The maximum atomic E-state index is 5.87. The molecule has 1 aromatic carbocycles. The van der Waals surface area contributed by atoms with Gasteiger partial charge in [0.2, 0.25) is 0 Å². The zero-order valence-corrected chi connectivity index (χ0v) is 13.4. The van der Waals surface area contributed by atoms with E-state index in [0.29, 0.717) is 12.5 Å². The maximum absolute atomic E-state index is 5.87. The average molecular weight is 271 g/mol. The predicted molar refractivity (Wildman–Crippen MR) is 85.0 cm³/mol. The van der Waals surface area contributed by atoms with Gasteiger partial charge in [0.05, 0.1) is 6.61 Å². The van der Waals surface area contributed by atoms with E-state index in [2.05, 4.69) is 58.1 Å². The third kappa shape index (κ3) is 2.47. The minimum absolute atomic E-state index is 0.319. The molecule has 1 aliphatic rings. The zero-order chi connectivity index (χ0) is 14.9. The molecule has 0 aliphatic carbocycles. The van der Waals surface area contributed by atoms with Gasteiger partial charge in [-0.3, -0.25) is 0 Å². The third-order valence-electron chi connectivity index (χ3n) is 4.30. The summed E-state index contributed by atoms with van der Waals surface area (Å²) < 4.78 is 5.87. The number of ether oxygens (including phenoxy) is 1. The fraction of sp³-hybridized carbons (Fsp3) is 0.444. The van der Waals surface area contributed by atoms with Crippen molar-refractivity contribution in [2.45, 2.75) is 47.5 Å². The van der Waals surface area contributed by atoms with Crippen LogP contribution >= 0.6 is 0 Å². The Bertz CT molecular complexity index is 557. The number of hydrogen-bond donors (Lipinski definition) is 1. The predicted octanol–water partition coefficient (Wildman–Crippen LogP) is 4.67. The Morgan fingerprint density at radius 1 is 1.00 bits per heavy atom. The van der Waals surface area contributed by atoms with Crippen LogP contribution in [0, 0.1) is 6.92 Å². The van der Waals surface area contributed by atoms with Gasteiger partial charge >= 0.3 is 0 Å².